The maximum Gasteiger partial charge on any atom is 0.315 e. The number of aromatic nitrogens is 1. The highest BCUT2D eigenvalue weighted by Crippen LogP contribution is 2.14. The first-order chi connectivity index (χ1) is 14.0. The zero-order valence-corrected chi connectivity index (χ0v) is 16.5. The number of rotatable bonds is 7. The van der Waals surface area contributed by atoms with E-state index < -0.39 is 4.92 Å². The molecule has 1 fully saturated rings. The second-order valence-corrected chi connectivity index (χ2v) is 6.91. The molecule has 154 valence electrons. The summed E-state index contributed by atoms with van der Waals surface area (Å²) in [4.78, 5) is 31.6. The number of hydrogen-bond donors (Lipinski definition) is 2. The van der Waals surface area contributed by atoms with Crippen molar-refractivity contribution in [3.63, 3.8) is 0 Å². The monoisotopic (exact) mass is 398 g/mol. The fraction of sp³-hybridized carbons (Fsp3) is 0.400. The zero-order chi connectivity index (χ0) is 20.6. The average Bonchev–Trinajstić information content (AvgIpc) is 2.77. The Bertz CT molecular complexity index is 834. The molecule has 1 saturated heterocycles. The van der Waals surface area contributed by atoms with Gasteiger partial charge in [-0.05, 0) is 23.7 Å². The first-order valence-electron chi connectivity index (χ1n) is 9.72. The number of benzene rings is 1. The SMILES string of the molecule is CCN1CCN(c2ccc(CNC(=O)NCc3cccc([N+](=O)[O-])c3)cn2)CC1. The molecule has 1 aromatic carbocycles. The molecule has 0 bridgehead atoms. The van der Waals surface area contributed by atoms with Crippen molar-refractivity contribution >= 4 is 17.5 Å². The minimum absolute atomic E-state index is 0.00646. The summed E-state index contributed by atoms with van der Waals surface area (Å²) in [6.45, 7) is 7.87. The predicted octanol–water partition coefficient (Wildman–Crippen LogP) is 2.13. The van der Waals surface area contributed by atoms with Gasteiger partial charge in [-0.25, -0.2) is 9.78 Å². The Morgan fingerprint density at radius 2 is 1.83 bits per heavy atom. The number of nitro benzene ring substituents is 1. The maximum atomic E-state index is 12.0. The summed E-state index contributed by atoms with van der Waals surface area (Å²) >= 11 is 0. The number of hydrogen-bond acceptors (Lipinski definition) is 6. The predicted molar refractivity (Wildman–Crippen MR) is 111 cm³/mol. The molecule has 9 heteroatoms. The van der Waals surface area contributed by atoms with Crippen molar-refractivity contribution in [2.45, 2.75) is 20.0 Å². The zero-order valence-electron chi connectivity index (χ0n) is 16.5. The third kappa shape index (κ3) is 5.89. The summed E-state index contributed by atoms with van der Waals surface area (Å²) in [5, 5.41) is 16.3. The van der Waals surface area contributed by atoms with Gasteiger partial charge in [-0.3, -0.25) is 10.1 Å². The number of anilines is 1. The first kappa shape index (κ1) is 20.5. The number of non-ortho nitro benzene ring substituents is 1. The molecule has 0 atom stereocenters. The Morgan fingerprint density at radius 3 is 2.45 bits per heavy atom. The van der Waals surface area contributed by atoms with Crippen LogP contribution in [0.1, 0.15) is 18.1 Å². The summed E-state index contributed by atoms with van der Waals surface area (Å²) in [6, 6.07) is 9.82. The van der Waals surface area contributed by atoms with E-state index in [-0.39, 0.29) is 18.3 Å². The molecular weight excluding hydrogens is 372 g/mol. The van der Waals surface area contributed by atoms with Gasteiger partial charge >= 0.3 is 6.03 Å². The molecule has 29 heavy (non-hydrogen) atoms. The number of nitrogens with zero attached hydrogens (tertiary/aromatic N) is 4. The molecule has 2 aromatic rings. The third-order valence-electron chi connectivity index (χ3n) is 4.98. The van der Waals surface area contributed by atoms with Crippen LogP contribution in [0.15, 0.2) is 42.6 Å². The van der Waals surface area contributed by atoms with Crippen molar-refractivity contribution in [2.24, 2.45) is 0 Å². The van der Waals surface area contributed by atoms with E-state index in [0.717, 1.165) is 44.1 Å². The number of nitro groups is 1. The number of carbonyl (C=O) groups excluding carboxylic acids is 1. The van der Waals surface area contributed by atoms with Gasteiger partial charge in [-0.1, -0.05) is 25.1 Å². The highest BCUT2D eigenvalue weighted by atomic mass is 16.6. The van der Waals surface area contributed by atoms with Crippen molar-refractivity contribution < 1.29 is 9.72 Å². The third-order valence-corrected chi connectivity index (χ3v) is 4.98. The Balaban J connectivity index is 1.43. The molecule has 2 heterocycles. The number of amides is 2. The number of likely N-dealkylation sites (N-methyl/N-ethyl adjacent to an activating group) is 1. The molecule has 1 aliphatic rings. The van der Waals surface area contributed by atoms with Gasteiger partial charge in [-0.15, -0.1) is 0 Å². The van der Waals surface area contributed by atoms with Crippen LogP contribution < -0.4 is 15.5 Å². The second-order valence-electron chi connectivity index (χ2n) is 6.91. The number of carbonyl (C=O) groups is 1. The highest BCUT2D eigenvalue weighted by Gasteiger charge is 2.16. The maximum absolute atomic E-state index is 12.0. The Kier molecular flexibility index (Phi) is 6.96. The molecular formula is C20H26N6O3. The van der Waals surface area contributed by atoms with Crippen LogP contribution in [0.5, 0.6) is 0 Å². The summed E-state index contributed by atoms with van der Waals surface area (Å²) < 4.78 is 0. The lowest BCUT2D eigenvalue weighted by Crippen LogP contribution is -2.46. The van der Waals surface area contributed by atoms with Crippen LogP contribution in [0.25, 0.3) is 0 Å². The lowest BCUT2D eigenvalue weighted by atomic mass is 10.2. The fourth-order valence-electron chi connectivity index (χ4n) is 3.21. The van der Waals surface area contributed by atoms with E-state index in [9.17, 15) is 14.9 Å². The summed E-state index contributed by atoms with van der Waals surface area (Å²) in [7, 11) is 0. The standard InChI is InChI=1S/C20H26N6O3/c1-2-24-8-10-25(11-9-24)19-7-6-17(14-21-19)15-23-20(27)22-13-16-4-3-5-18(12-16)26(28)29/h3-7,12,14H,2,8-11,13,15H2,1H3,(H2,22,23,27). The van der Waals surface area contributed by atoms with Gasteiger partial charge in [0.1, 0.15) is 5.82 Å². The van der Waals surface area contributed by atoms with Gasteiger partial charge in [0.25, 0.3) is 5.69 Å². The molecule has 0 unspecified atom stereocenters. The Morgan fingerprint density at radius 1 is 1.10 bits per heavy atom. The molecule has 0 spiro atoms. The second kappa shape index (κ2) is 9.83. The topological polar surface area (TPSA) is 104 Å². The van der Waals surface area contributed by atoms with E-state index in [4.69, 9.17) is 0 Å². The summed E-state index contributed by atoms with van der Waals surface area (Å²) in [5.74, 6) is 0.958. The van der Waals surface area contributed by atoms with Crippen molar-refractivity contribution in [2.75, 3.05) is 37.6 Å². The van der Waals surface area contributed by atoms with Crippen LogP contribution >= 0.6 is 0 Å². The van der Waals surface area contributed by atoms with Crippen LogP contribution in [-0.4, -0.2) is 53.6 Å². The van der Waals surface area contributed by atoms with Crippen LogP contribution in [0, 0.1) is 10.1 Å². The largest absolute Gasteiger partial charge is 0.354 e. The number of nitrogens with one attached hydrogen (secondary N) is 2. The summed E-state index contributed by atoms with van der Waals surface area (Å²) in [5.41, 5.74) is 1.59. The molecule has 0 aliphatic carbocycles. The molecule has 3 rings (SSSR count). The molecule has 9 nitrogen and oxygen atoms in total. The molecule has 1 aromatic heterocycles. The molecule has 1 aliphatic heterocycles. The van der Waals surface area contributed by atoms with E-state index in [1.165, 1.54) is 12.1 Å². The van der Waals surface area contributed by atoms with E-state index in [1.54, 1.807) is 18.3 Å². The van der Waals surface area contributed by atoms with Crippen LogP contribution in [-0.2, 0) is 13.1 Å². The van der Waals surface area contributed by atoms with Gasteiger partial charge < -0.3 is 20.4 Å². The van der Waals surface area contributed by atoms with Crippen molar-refractivity contribution in [3.8, 4) is 0 Å². The van der Waals surface area contributed by atoms with E-state index in [2.05, 4.69) is 32.3 Å². The quantitative estimate of drug-likeness (QED) is 0.547. The first-order valence-corrected chi connectivity index (χ1v) is 9.72. The molecule has 2 N–H and O–H groups in total. The Hall–Kier alpha value is -3.20. The van der Waals surface area contributed by atoms with Gasteiger partial charge in [0, 0.05) is 57.6 Å². The summed E-state index contributed by atoms with van der Waals surface area (Å²) in [6.07, 6.45) is 1.78. The van der Waals surface area contributed by atoms with E-state index in [1.807, 2.05) is 12.1 Å². The molecule has 2 amide bonds. The van der Waals surface area contributed by atoms with Crippen molar-refractivity contribution in [1.29, 1.82) is 0 Å². The highest BCUT2D eigenvalue weighted by molar-refractivity contribution is 5.73. The number of urea groups is 1. The van der Waals surface area contributed by atoms with Gasteiger partial charge in [0.2, 0.25) is 0 Å². The van der Waals surface area contributed by atoms with Crippen LogP contribution in [0.4, 0.5) is 16.3 Å². The number of pyridine rings is 1. The van der Waals surface area contributed by atoms with Crippen molar-refractivity contribution in [1.82, 2.24) is 20.5 Å². The van der Waals surface area contributed by atoms with Gasteiger partial charge in [-0.2, -0.15) is 0 Å². The smallest absolute Gasteiger partial charge is 0.315 e. The average molecular weight is 398 g/mol. The van der Waals surface area contributed by atoms with Crippen LogP contribution in [0.2, 0.25) is 0 Å². The van der Waals surface area contributed by atoms with E-state index in [0.29, 0.717) is 12.1 Å². The lowest BCUT2D eigenvalue weighted by Gasteiger charge is -2.34. The minimum atomic E-state index is -0.454. The van der Waals surface area contributed by atoms with Crippen molar-refractivity contribution in [3.05, 3.63) is 63.8 Å². The normalized spacial score (nSPS) is 14.4. The van der Waals surface area contributed by atoms with E-state index >= 15 is 0 Å². The lowest BCUT2D eigenvalue weighted by molar-refractivity contribution is -0.384. The molecule has 0 radical (unpaired) electrons. The fourth-order valence-corrected chi connectivity index (χ4v) is 3.21. The minimum Gasteiger partial charge on any atom is -0.354 e. The van der Waals surface area contributed by atoms with Gasteiger partial charge in [0.15, 0.2) is 0 Å². The Labute approximate surface area is 169 Å². The number of piperazine rings is 1. The van der Waals surface area contributed by atoms with Crippen LogP contribution in [0.3, 0.4) is 0 Å². The van der Waals surface area contributed by atoms with Gasteiger partial charge in [0.05, 0.1) is 4.92 Å². The molecule has 0 saturated carbocycles.